The maximum Gasteiger partial charge on any atom is 0.127 e. The Morgan fingerprint density at radius 2 is 1.80 bits per heavy atom. The van der Waals surface area contributed by atoms with Gasteiger partial charge in [-0.2, -0.15) is 0 Å². The maximum absolute atomic E-state index is 13.8. The minimum absolute atomic E-state index is 0.240. The number of hydrogen-bond donors (Lipinski definition) is 1. The van der Waals surface area contributed by atoms with Crippen molar-refractivity contribution in [1.82, 2.24) is 5.32 Å². The Morgan fingerprint density at radius 3 is 2.50 bits per heavy atom. The zero-order chi connectivity index (χ0) is 14.7. The molecule has 0 aromatic heterocycles. The second-order valence-corrected chi connectivity index (χ2v) is 5.25. The monoisotopic (exact) mass is 275 g/mol. The molecule has 0 atom stereocenters. The topological polar surface area (TPSA) is 12.0 Å². The van der Waals surface area contributed by atoms with Crippen LogP contribution in [0.2, 0.25) is 0 Å². The summed E-state index contributed by atoms with van der Waals surface area (Å²) in [6, 6.07) is 10.2. The highest BCUT2D eigenvalue weighted by Gasteiger charge is 2.09. The predicted molar refractivity (Wildman–Crippen MR) is 78.5 cm³/mol. The third-order valence-corrected chi connectivity index (χ3v) is 3.33. The minimum atomic E-state index is -0.242. The Morgan fingerprint density at radius 1 is 1.05 bits per heavy atom. The molecule has 1 nitrogen and oxygen atoms in total. The van der Waals surface area contributed by atoms with Crippen LogP contribution < -0.4 is 5.32 Å². The largest absolute Gasteiger partial charge is 0.310 e. The highest BCUT2D eigenvalue weighted by molar-refractivity contribution is 5.68. The number of halogens is 2. The van der Waals surface area contributed by atoms with Crippen molar-refractivity contribution in [2.75, 3.05) is 0 Å². The molecular formula is C17H19F2N. The second kappa shape index (κ2) is 6.14. The molecule has 20 heavy (non-hydrogen) atoms. The van der Waals surface area contributed by atoms with Crippen molar-refractivity contribution in [3.63, 3.8) is 0 Å². The van der Waals surface area contributed by atoms with E-state index in [-0.39, 0.29) is 17.7 Å². The quantitative estimate of drug-likeness (QED) is 0.870. The number of benzene rings is 2. The molecule has 0 aliphatic carbocycles. The normalized spacial score (nSPS) is 11.1. The molecule has 0 bridgehead atoms. The van der Waals surface area contributed by atoms with Crippen LogP contribution in [0, 0.1) is 18.6 Å². The number of rotatable bonds is 4. The summed E-state index contributed by atoms with van der Waals surface area (Å²) in [5, 5.41) is 3.19. The van der Waals surface area contributed by atoms with Gasteiger partial charge in [-0.25, -0.2) is 8.78 Å². The molecule has 3 heteroatoms. The maximum atomic E-state index is 13.8. The Hall–Kier alpha value is -1.74. The summed E-state index contributed by atoms with van der Waals surface area (Å²) in [6.07, 6.45) is 0. The first-order valence-electron chi connectivity index (χ1n) is 6.76. The highest BCUT2D eigenvalue weighted by Crippen LogP contribution is 2.26. The molecule has 0 aliphatic heterocycles. The van der Waals surface area contributed by atoms with Gasteiger partial charge >= 0.3 is 0 Å². The van der Waals surface area contributed by atoms with Gasteiger partial charge in [-0.15, -0.1) is 0 Å². The third kappa shape index (κ3) is 3.23. The second-order valence-electron chi connectivity index (χ2n) is 5.25. The molecular weight excluding hydrogens is 256 g/mol. The molecule has 106 valence electrons. The summed E-state index contributed by atoms with van der Waals surface area (Å²) in [6.45, 7) is 6.22. The Bertz CT molecular complexity index is 606. The molecule has 0 saturated heterocycles. The fraction of sp³-hybridized carbons (Fsp3) is 0.294. The van der Waals surface area contributed by atoms with Gasteiger partial charge in [-0.1, -0.05) is 32.0 Å². The fourth-order valence-corrected chi connectivity index (χ4v) is 2.11. The summed E-state index contributed by atoms with van der Waals surface area (Å²) in [7, 11) is 0. The smallest absolute Gasteiger partial charge is 0.127 e. The first-order chi connectivity index (χ1) is 9.49. The highest BCUT2D eigenvalue weighted by atomic mass is 19.1. The van der Waals surface area contributed by atoms with Crippen LogP contribution >= 0.6 is 0 Å². The van der Waals surface area contributed by atoms with E-state index in [1.807, 2.05) is 19.9 Å². The van der Waals surface area contributed by atoms with Gasteiger partial charge in [0.05, 0.1) is 0 Å². The van der Waals surface area contributed by atoms with Crippen molar-refractivity contribution in [3.8, 4) is 11.1 Å². The zero-order valence-corrected chi connectivity index (χ0v) is 12.0. The average molecular weight is 275 g/mol. The van der Waals surface area contributed by atoms with Crippen LogP contribution in [0.25, 0.3) is 11.1 Å². The van der Waals surface area contributed by atoms with E-state index in [0.717, 1.165) is 11.1 Å². The van der Waals surface area contributed by atoms with Crippen LogP contribution in [0.5, 0.6) is 0 Å². The van der Waals surface area contributed by atoms with Gasteiger partial charge in [-0.3, -0.25) is 0 Å². The molecule has 2 aromatic carbocycles. The molecule has 0 aliphatic rings. The molecule has 2 aromatic rings. The Kier molecular flexibility index (Phi) is 4.50. The molecule has 0 saturated carbocycles. The summed E-state index contributed by atoms with van der Waals surface area (Å²) in [4.78, 5) is 0. The molecule has 0 unspecified atom stereocenters. The van der Waals surface area contributed by atoms with Crippen molar-refractivity contribution in [2.45, 2.75) is 33.4 Å². The van der Waals surface area contributed by atoms with Gasteiger partial charge in [0.1, 0.15) is 11.6 Å². The van der Waals surface area contributed by atoms with E-state index in [2.05, 4.69) is 5.32 Å². The Labute approximate surface area is 118 Å². The van der Waals surface area contributed by atoms with Crippen molar-refractivity contribution in [3.05, 3.63) is 59.2 Å². The molecule has 0 radical (unpaired) electrons. The van der Waals surface area contributed by atoms with Crippen LogP contribution in [0.15, 0.2) is 36.4 Å². The summed E-state index contributed by atoms with van der Waals surface area (Å²) in [5.74, 6) is -0.482. The predicted octanol–water partition coefficient (Wildman–Crippen LogP) is 4.44. The molecule has 1 N–H and O–H groups in total. The molecule has 0 spiro atoms. The SMILES string of the molecule is Cc1c(F)cccc1-c1ccc(F)c(CNC(C)C)c1. The molecule has 2 rings (SSSR count). The van der Waals surface area contributed by atoms with Gasteiger partial charge in [0, 0.05) is 18.2 Å². The van der Waals surface area contributed by atoms with Crippen molar-refractivity contribution >= 4 is 0 Å². The molecule has 0 heterocycles. The van der Waals surface area contributed by atoms with Gasteiger partial charge in [0.15, 0.2) is 0 Å². The van der Waals surface area contributed by atoms with Crippen molar-refractivity contribution in [2.24, 2.45) is 0 Å². The van der Waals surface area contributed by atoms with E-state index in [1.165, 1.54) is 12.1 Å². The van der Waals surface area contributed by atoms with Gasteiger partial charge in [-0.05, 0) is 41.8 Å². The van der Waals surface area contributed by atoms with Crippen LogP contribution in [0.4, 0.5) is 8.78 Å². The lowest BCUT2D eigenvalue weighted by Gasteiger charge is -2.12. The molecule has 0 fully saturated rings. The lowest BCUT2D eigenvalue weighted by Crippen LogP contribution is -2.22. The van der Waals surface area contributed by atoms with E-state index in [1.54, 1.807) is 25.1 Å². The summed E-state index contributed by atoms with van der Waals surface area (Å²) in [5.41, 5.74) is 2.82. The van der Waals surface area contributed by atoms with Gasteiger partial charge in [0.25, 0.3) is 0 Å². The van der Waals surface area contributed by atoms with E-state index in [9.17, 15) is 8.78 Å². The zero-order valence-electron chi connectivity index (χ0n) is 12.0. The third-order valence-electron chi connectivity index (χ3n) is 3.33. The lowest BCUT2D eigenvalue weighted by atomic mass is 9.98. The first kappa shape index (κ1) is 14.7. The van der Waals surface area contributed by atoms with E-state index in [4.69, 9.17) is 0 Å². The summed E-state index contributed by atoms with van der Waals surface area (Å²) >= 11 is 0. The first-order valence-corrected chi connectivity index (χ1v) is 6.76. The minimum Gasteiger partial charge on any atom is -0.310 e. The lowest BCUT2D eigenvalue weighted by molar-refractivity contribution is 0.553. The Balaban J connectivity index is 2.38. The van der Waals surface area contributed by atoms with Crippen LogP contribution in [0.1, 0.15) is 25.0 Å². The van der Waals surface area contributed by atoms with Crippen LogP contribution in [-0.2, 0) is 6.54 Å². The van der Waals surface area contributed by atoms with Crippen molar-refractivity contribution < 1.29 is 8.78 Å². The standard InChI is InChI=1S/C17H19F2N/c1-11(2)20-10-14-9-13(7-8-17(14)19)15-5-4-6-16(18)12(15)3/h4-9,11,20H,10H2,1-3H3. The fourth-order valence-electron chi connectivity index (χ4n) is 2.11. The van der Waals surface area contributed by atoms with Gasteiger partial charge in [0.2, 0.25) is 0 Å². The van der Waals surface area contributed by atoms with Crippen LogP contribution in [-0.4, -0.2) is 6.04 Å². The van der Waals surface area contributed by atoms with Crippen molar-refractivity contribution in [1.29, 1.82) is 0 Å². The summed E-state index contributed by atoms with van der Waals surface area (Å²) < 4.78 is 27.4. The number of hydrogen-bond acceptors (Lipinski definition) is 1. The molecule has 0 amide bonds. The van der Waals surface area contributed by atoms with E-state index >= 15 is 0 Å². The van der Waals surface area contributed by atoms with Crippen LogP contribution in [0.3, 0.4) is 0 Å². The average Bonchev–Trinajstić information content (AvgIpc) is 2.41. The number of nitrogens with one attached hydrogen (secondary N) is 1. The van der Waals surface area contributed by atoms with Gasteiger partial charge < -0.3 is 5.32 Å². The van der Waals surface area contributed by atoms with E-state index in [0.29, 0.717) is 17.7 Å². The van der Waals surface area contributed by atoms with E-state index < -0.39 is 0 Å².